The van der Waals surface area contributed by atoms with Crippen LogP contribution in [0.15, 0.2) is 52.0 Å². The Balaban J connectivity index is 1.91. The minimum absolute atomic E-state index is 0.780. The van der Waals surface area contributed by atoms with Gasteiger partial charge in [-0.15, -0.1) is 0 Å². The van der Waals surface area contributed by atoms with Crippen molar-refractivity contribution >= 4 is 12.0 Å². The second-order valence-corrected chi connectivity index (χ2v) is 6.71. The molecule has 134 valence electrons. The van der Waals surface area contributed by atoms with Crippen LogP contribution in [0.25, 0.3) is 22.6 Å². The summed E-state index contributed by atoms with van der Waals surface area (Å²) in [5.74, 6) is 0.780. The molecule has 3 rings (SSSR count). The summed E-state index contributed by atoms with van der Waals surface area (Å²) in [4.78, 5) is 6.64. The van der Waals surface area contributed by atoms with Crippen LogP contribution in [0.2, 0.25) is 0 Å². The molecule has 0 aliphatic rings. The van der Waals surface area contributed by atoms with E-state index in [0.29, 0.717) is 0 Å². The Morgan fingerprint density at radius 3 is 2.46 bits per heavy atom. The van der Waals surface area contributed by atoms with Crippen molar-refractivity contribution in [1.82, 2.24) is 10.1 Å². The maximum Gasteiger partial charge on any atom is 0.167 e. The van der Waals surface area contributed by atoms with Gasteiger partial charge in [-0.05, 0) is 51.0 Å². The highest BCUT2D eigenvalue weighted by molar-refractivity contribution is 5.73. The normalized spacial score (nSPS) is 11.3. The predicted octanol–water partition coefficient (Wildman–Crippen LogP) is 5.55. The highest BCUT2D eigenvalue weighted by Crippen LogP contribution is 2.32. The van der Waals surface area contributed by atoms with Crippen LogP contribution in [0.5, 0.6) is 0 Å². The van der Waals surface area contributed by atoms with Gasteiger partial charge in [-0.1, -0.05) is 35.0 Å². The molecule has 0 bridgehead atoms. The number of hydrogen-bond acceptors (Lipinski definition) is 3. The molecule has 3 aromatic rings. The number of aromatic nitrogens is 1. The average Bonchev–Trinajstić information content (AvgIpc) is 3.12. The van der Waals surface area contributed by atoms with Crippen molar-refractivity contribution in [1.29, 1.82) is 0 Å². The first-order valence-electron chi connectivity index (χ1n) is 8.87. The molecule has 4 heteroatoms. The van der Waals surface area contributed by atoms with Gasteiger partial charge in [-0.25, -0.2) is 4.99 Å². The molecule has 0 aliphatic carbocycles. The quantitative estimate of drug-likeness (QED) is 0.449. The third-order valence-corrected chi connectivity index (χ3v) is 4.56. The maximum atomic E-state index is 5.63. The average molecular weight is 347 g/mol. The van der Waals surface area contributed by atoms with Crippen LogP contribution in [0.4, 0.5) is 5.69 Å². The summed E-state index contributed by atoms with van der Waals surface area (Å²) in [5, 5.41) is 4.25. The summed E-state index contributed by atoms with van der Waals surface area (Å²) in [6, 6.07) is 14.5. The lowest BCUT2D eigenvalue weighted by Crippen LogP contribution is -2.14. The van der Waals surface area contributed by atoms with E-state index in [9.17, 15) is 0 Å². The minimum Gasteiger partial charge on any atom is -0.366 e. The number of nitrogens with zero attached hydrogens (tertiary/aromatic N) is 3. The van der Waals surface area contributed by atoms with Crippen molar-refractivity contribution < 1.29 is 4.52 Å². The van der Waals surface area contributed by atoms with E-state index in [4.69, 9.17) is 4.52 Å². The van der Waals surface area contributed by atoms with E-state index in [0.717, 1.165) is 45.9 Å². The molecular weight excluding hydrogens is 322 g/mol. The Labute approximate surface area is 155 Å². The van der Waals surface area contributed by atoms with Crippen LogP contribution in [-0.2, 0) is 0 Å². The fraction of sp³-hybridized carbons (Fsp3) is 0.273. The van der Waals surface area contributed by atoms with Crippen molar-refractivity contribution in [2.45, 2.75) is 27.7 Å². The first-order chi connectivity index (χ1) is 12.5. The van der Waals surface area contributed by atoms with Crippen LogP contribution in [-0.4, -0.2) is 30.0 Å². The van der Waals surface area contributed by atoms with E-state index >= 15 is 0 Å². The summed E-state index contributed by atoms with van der Waals surface area (Å²) in [6.07, 6.45) is 1.87. The summed E-state index contributed by atoms with van der Waals surface area (Å²) < 4.78 is 5.63. The van der Waals surface area contributed by atoms with Crippen molar-refractivity contribution in [3.8, 4) is 22.6 Å². The van der Waals surface area contributed by atoms with Gasteiger partial charge in [-0.3, -0.25) is 0 Å². The molecule has 1 aromatic heterocycles. The molecule has 0 radical (unpaired) electrons. The summed E-state index contributed by atoms with van der Waals surface area (Å²) in [7, 11) is 2.02. The van der Waals surface area contributed by atoms with Gasteiger partial charge in [0.1, 0.15) is 5.69 Å². The van der Waals surface area contributed by atoms with Crippen LogP contribution < -0.4 is 0 Å². The Morgan fingerprint density at radius 1 is 1.04 bits per heavy atom. The zero-order valence-electron chi connectivity index (χ0n) is 16.1. The van der Waals surface area contributed by atoms with Gasteiger partial charge in [0.25, 0.3) is 0 Å². The SMILES string of the molecule is CCN(C)C=Nc1cc(C)c(-c2cc(-c3ccc(C)cc3)no2)cc1C. The highest BCUT2D eigenvalue weighted by Gasteiger charge is 2.12. The van der Waals surface area contributed by atoms with Gasteiger partial charge in [0.05, 0.1) is 12.0 Å². The van der Waals surface area contributed by atoms with Gasteiger partial charge >= 0.3 is 0 Å². The van der Waals surface area contributed by atoms with Crippen LogP contribution in [0.3, 0.4) is 0 Å². The monoisotopic (exact) mass is 347 g/mol. The Morgan fingerprint density at radius 2 is 1.77 bits per heavy atom. The lowest BCUT2D eigenvalue weighted by Gasteiger charge is -2.10. The molecule has 0 unspecified atom stereocenters. The molecule has 0 aliphatic heterocycles. The van der Waals surface area contributed by atoms with Crippen molar-refractivity contribution in [2.24, 2.45) is 4.99 Å². The molecule has 0 saturated heterocycles. The molecule has 26 heavy (non-hydrogen) atoms. The third-order valence-electron chi connectivity index (χ3n) is 4.56. The standard InChI is InChI=1S/C22H25N3O/c1-6-25(5)14-23-20-12-16(3)19(11-17(20)4)22-13-21(24-26-22)18-9-7-15(2)8-10-18/h7-14H,6H2,1-5H3. The molecule has 0 atom stereocenters. The smallest absolute Gasteiger partial charge is 0.167 e. The van der Waals surface area contributed by atoms with Gasteiger partial charge < -0.3 is 9.42 Å². The maximum absolute atomic E-state index is 5.63. The topological polar surface area (TPSA) is 41.6 Å². The Kier molecular flexibility index (Phi) is 5.21. The molecule has 0 fully saturated rings. The van der Waals surface area contributed by atoms with E-state index in [1.165, 1.54) is 5.56 Å². The zero-order chi connectivity index (χ0) is 18.7. The van der Waals surface area contributed by atoms with Crippen LogP contribution in [0.1, 0.15) is 23.6 Å². The predicted molar refractivity (Wildman–Crippen MR) is 108 cm³/mol. The minimum atomic E-state index is 0.780. The van der Waals surface area contributed by atoms with Crippen molar-refractivity contribution in [3.05, 3.63) is 59.2 Å². The molecule has 0 amide bonds. The van der Waals surface area contributed by atoms with Gasteiger partial charge in [0.15, 0.2) is 5.76 Å². The summed E-state index contributed by atoms with van der Waals surface area (Å²) >= 11 is 0. The third kappa shape index (κ3) is 3.85. The van der Waals surface area contributed by atoms with E-state index in [1.807, 2.05) is 24.4 Å². The molecular formula is C22H25N3O. The first kappa shape index (κ1) is 17.9. The lowest BCUT2D eigenvalue weighted by atomic mass is 10.0. The molecule has 0 N–H and O–H groups in total. The summed E-state index contributed by atoms with van der Waals surface area (Å²) in [5.41, 5.74) is 7.40. The van der Waals surface area contributed by atoms with E-state index in [1.54, 1.807) is 0 Å². The van der Waals surface area contributed by atoms with E-state index in [2.05, 4.69) is 74.2 Å². The molecule has 0 saturated carbocycles. The number of rotatable bonds is 5. The highest BCUT2D eigenvalue weighted by atomic mass is 16.5. The van der Waals surface area contributed by atoms with E-state index < -0.39 is 0 Å². The fourth-order valence-corrected chi connectivity index (χ4v) is 2.71. The van der Waals surface area contributed by atoms with Crippen LogP contribution in [0, 0.1) is 20.8 Å². The second kappa shape index (κ2) is 7.56. The van der Waals surface area contributed by atoms with Crippen molar-refractivity contribution in [2.75, 3.05) is 13.6 Å². The van der Waals surface area contributed by atoms with Gasteiger partial charge in [0, 0.05) is 30.8 Å². The number of aryl methyl sites for hydroxylation is 3. The zero-order valence-corrected chi connectivity index (χ0v) is 16.1. The van der Waals surface area contributed by atoms with Crippen LogP contribution >= 0.6 is 0 Å². The Hall–Kier alpha value is -2.88. The summed E-state index contributed by atoms with van der Waals surface area (Å²) in [6.45, 7) is 9.25. The Bertz CT molecular complexity index is 923. The first-order valence-corrected chi connectivity index (χ1v) is 8.87. The molecule has 2 aromatic carbocycles. The number of benzene rings is 2. The molecule has 4 nitrogen and oxygen atoms in total. The largest absolute Gasteiger partial charge is 0.366 e. The van der Waals surface area contributed by atoms with E-state index in [-0.39, 0.29) is 0 Å². The van der Waals surface area contributed by atoms with Gasteiger partial charge in [-0.2, -0.15) is 0 Å². The molecule has 1 heterocycles. The number of aliphatic imine (C=N–C) groups is 1. The van der Waals surface area contributed by atoms with Gasteiger partial charge in [0.2, 0.25) is 0 Å². The number of hydrogen-bond donors (Lipinski definition) is 0. The molecule has 0 spiro atoms. The van der Waals surface area contributed by atoms with Crippen molar-refractivity contribution in [3.63, 3.8) is 0 Å². The second-order valence-electron chi connectivity index (χ2n) is 6.71. The lowest BCUT2D eigenvalue weighted by molar-refractivity contribution is 0.434. The fourth-order valence-electron chi connectivity index (χ4n) is 2.71.